The standard InChI is InChI=1S/C24H34N4O5S/c1-5-6-7-11-18-14-20(29)19(13-12-17(4)10-8-9-16(2)3)21(30)22(18)34(32,33)28-24(31)23-25-15-26-27-23/h9,12,14-15,29-30H,5-8,10-11,13H2,1-4H3,(H,28,31)(H,25,26,27)/b17-12+. The Morgan fingerprint density at radius 1 is 1.18 bits per heavy atom. The Kier molecular flexibility index (Phi) is 9.85. The van der Waals surface area contributed by atoms with Crippen molar-refractivity contribution in [2.24, 2.45) is 0 Å². The molecule has 0 atom stereocenters. The second-order valence-corrected chi connectivity index (χ2v) is 10.1. The van der Waals surface area contributed by atoms with Gasteiger partial charge < -0.3 is 10.2 Å². The molecule has 0 aliphatic rings. The van der Waals surface area contributed by atoms with E-state index in [1.165, 1.54) is 11.6 Å². The maximum atomic E-state index is 13.2. The number of hydrogen-bond acceptors (Lipinski definition) is 7. The molecule has 0 spiro atoms. The number of unbranched alkanes of at least 4 members (excludes halogenated alkanes) is 2. The Morgan fingerprint density at radius 2 is 1.91 bits per heavy atom. The van der Waals surface area contributed by atoms with Gasteiger partial charge in [0.1, 0.15) is 22.7 Å². The zero-order valence-corrected chi connectivity index (χ0v) is 21.0. The summed E-state index contributed by atoms with van der Waals surface area (Å²) < 4.78 is 28.3. The fraction of sp³-hybridized carbons (Fsp3) is 0.458. The van der Waals surface area contributed by atoms with Crippen molar-refractivity contribution in [3.63, 3.8) is 0 Å². The number of carbonyl (C=O) groups excluding carboxylic acids is 1. The highest BCUT2D eigenvalue weighted by atomic mass is 32.2. The molecular weight excluding hydrogens is 456 g/mol. The second kappa shape index (κ2) is 12.4. The monoisotopic (exact) mass is 490 g/mol. The average Bonchev–Trinajstić information content (AvgIpc) is 3.28. The first-order valence-electron chi connectivity index (χ1n) is 11.3. The lowest BCUT2D eigenvalue weighted by Crippen LogP contribution is -2.32. The van der Waals surface area contributed by atoms with Gasteiger partial charge >= 0.3 is 5.91 Å². The Morgan fingerprint density at radius 3 is 2.53 bits per heavy atom. The van der Waals surface area contributed by atoms with Gasteiger partial charge in [0.05, 0.1) is 0 Å². The van der Waals surface area contributed by atoms with E-state index in [0.717, 1.165) is 37.6 Å². The third-order valence-corrected chi connectivity index (χ3v) is 6.78. The van der Waals surface area contributed by atoms with Crippen LogP contribution in [0.2, 0.25) is 0 Å². The van der Waals surface area contributed by atoms with Gasteiger partial charge in [0.25, 0.3) is 10.0 Å². The number of hydrogen-bond donors (Lipinski definition) is 4. The number of nitrogens with zero attached hydrogens (tertiary/aromatic N) is 2. The molecule has 0 aliphatic heterocycles. The molecule has 1 aromatic heterocycles. The largest absolute Gasteiger partial charge is 0.508 e. The van der Waals surface area contributed by atoms with Crippen LogP contribution in [0.15, 0.2) is 40.6 Å². The van der Waals surface area contributed by atoms with Gasteiger partial charge in [-0.05, 0) is 64.5 Å². The zero-order chi connectivity index (χ0) is 25.3. The first-order chi connectivity index (χ1) is 16.1. The number of amides is 1. The van der Waals surface area contributed by atoms with Crippen LogP contribution in [-0.4, -0.2) is 39.7 Å². The Hall–Kier alpha value is -3.14. The summed E-state index contributed by atoms with van der Waals surface area (Å²) in [5.41, 5.74) is 2.61. The molecule has 0 aliphatic carbocycles. The summed E-state index contributed by atoms with van der Waals surface area (Å²) >= 11 is 0. The predicted molar refractivity (Wildman–Crippen MR) is 130 cm³/mol. The lowest BCUT2D eigenvalue weighted by atomic mass is 10.00. The van der Waals surface area contributed by atoms with Crippen molar-refractivity contribution in [1.29, 1.82) is 0 Å². The van der Waals surface area contributed by atoms with Crippen molar-refractivity contribution in [3.05, 3.63) is 52.6 Å². The van der Waals surface area contributed by atoms with Crippen LogP contribution in [0.3, 0.4) is 0 Å². The molecule has 0 fully saturated rings. The van der Waals surface area contributed by atoms with Gasteiger partial charge in [0.15, 0.2) is 0 Å². The molecule has 0 radical (unpaired) electrons. The fourth-order valence-corrected chi connectivity index (χ4v) is 4.81. The smallest absolute Gasteiger partial charge is 0.302 e. The van der Waals surface area contributed by atoms with Gasteiger partial charge in [0.2, 0.25) is 5.82 Å². The number of carbonyl (C=O) groups is 1. The van der Waals surface area contributed by atoms with Crippen LogP contribution in [0.25, 0.3) is 0 Å². The summed E-state index contributed by atoms with van der Waals surface area (Å²) in [5.74, 6) is -2.01. The number of benzene rings is 1. The Bertz CT molecular complexity index is 1150. The van der Waals surface area contributed by atoms with E-state index in [4.69, 9.17) is 0 Å². The summed E-state index contributed by atoms with van der Waals surface area (Å²) in [5, 5.41) is 27.4. The van der Waals surface area contributed by atoms with Crippen LogP contribution in [0, 0.1) is 0 Å². The summed E-state index contributed by atoms with van der Waals surface area (Å²) in [6.07, 6.45) is 9.63. The third-order valence-electron chi connectivity index (χ3n) is 5.33. The SMILES string of the molecule is CCCCCc1cc(O)c(C/C=C(\C)CCC=C(C)C)c(O)c1S(=O)(=O)NC(=O)c1ncn[nH]1. The summed E-state index contributed by atoms with van der Waals surface area (Å²) in [6.45, 7) is 8.02. The van der Waals surface area contributed by atoms with E-state index in [2.05, 4.69) is 21.3 Å². The van der Waals surface area contributed by atoms with E-state index in [0.29, 0.717) is 12.8 Å². The molecule has 2 aromatic rings. The van der Waals surface area contributed by atoms with Crippen molar-refractivity contribution in [1.82, 2.24) is 19.9 Å². The van der Waals surface area contributed by atoms with Crippen LogP contribution in [-0.2, 0) is 22.9 Å². The Balaban J connectivity index is 2.43. The first kappa shape index (κ1) is 27.1. The summed E-state index contributed by atoms with van der Waals surface area (Å²) in [7, 11) is -4.46. The number of aromatic hydroxyl groups is 2. The molecule has 34 heavy (non-hydrogen) atoms. The zero-order valence-electron chi connectivity index (χ0n) is 20.2. The number of aromatic nitrogens is 3. The predicted octanol–water partition coefficient (Wildman–Crippen LogP) is 4.30. The molecule has 0 bridgehead atoms. The first-order valence-corrected chi connectivity index (χ1v) is 12.8. The molecule has 10 heteroatoms. The molecule has 1 amide bonds. The topological polar surface area (TPSA) is 145 Å². The summed E-state index contributed by atoms with van der Waals surface area (Å²) in [6, 6.07) is 1.37. The van der Waals surface area contributed by atoms with Crippen LogP contribution in [0.5, 0.6) is 11.5 Å². The third kappa shape index (κ3) is 7.44. The maximum Gasteiger partial charge on any atom is 0.302 e. The molecule has 2 rings (SSSR count). The van der Waals surface area contributed by atoms with E-state index in [-0.39, 0.29) is 29.1 Å². The number of sulfonamides is 1. The Labute approximate surface area is 201 Å². The van der Waals surface area contributed by atoms with E-state index in [9.17, 15) is 23.4 Å². The number of allylic oxidation sites excluding steroid dienone is 4. The van der Waals surface area contributed by atoms with Crippen molar-refractivity contribution < 1.29 is 23.4 Å². The van der Waals surface area contributed by atoms with E-state index >= 15 is 0 Å². The maximum absolute atomic E-state index is 13.2. The van der Waals surface area contributed by atoms with E-state index in [1.54, 1.807) is 0 Å². The molecule has 0 saturated heterocycles. The van der Waals surface area contributed by atoms with E-state index in [1.807, 2.05) is 38.5 Å². The van der Waals surface area contributed by atoms with Gasteiger partial charge in [0, 0.05) is 5.56 Å². The molecular formula is C24H34N4O5S. The number of H-pyrrole nitrogens is 1. The van der Waals surface area contributed by atoms with Crippen LogP contribution in [0.4, 0.5) is 0 Å². The van der Waals surface area contributed by atoms with Gasteiger partial charge in [-0.2, -0.15) is 5.10 Å². The van der Waals surface area contributed by atoms with E-state index < -0.39 is 26.6 Å². The van der Waals surface area contributed by atoms with Gasteiger partial charge in [-0.15, -0.1) is 0 Å². The highest BCUT2D eigenvalue weighted by Crippen LogP contribution is 2.38. The fourth-order valence-electron chi connectivity index (χ4n) is 3.48. The highest BCUT2D eigenvalue weighted by molar-refractivity contribution is 7.90. The molecule has 0 saturated carbocycles. The number of nitrogens with one attached hydrogen (secondary N) is 2. The minimum atomic E-state index is -4.46. The number of aromatic amines is 1. The van der Waals surface area contributed by atoms with Crippen LogP contribution < -0.4 is 4.72 Å². The highest BCUT2D eigenvalue weighted by Gasteiger charge is 2.29. The van der Waals surface area contributed by atoms with Crippen LogP contribution in [0.1, 0.15) is 81.5 Å². The molecule has 186 valence electrons. The number of phenolic OH excluding ortho intramolecular Hbond substituents is 2. The number of aryl methyl sites for hydroxylation is 1. The van der Waals surface area contributed by atoms with Crippen molar-refractivity contribution in [3.8, 4) is 11.5 Å². The second-order valence-electron chi connectivity index (χ2n) is 8.51. The molecule has 1 heterocycles. The normalized spacial score (nSPS) is 11.9. The molecule has 0 unspecified atom stereocenters. The van der Waals surface area contributed by atoms with Gasteiger partial charge in [-0.25, -0.2) is 18.1 Å². The molecule has 1 aromatic carbocycles. The van der Waals surface area contributed by atoms with Crippen molar-refractivity contribution in [2.45, 2.75) is 77.5 Å². The average molecular weight is 491 g/mol. The van der Waals surface area contributed by atoms with Gasteiger partial charge in [-0.1, -0.05) is 43.1 Å². The quantitative estimate of drug-likeness (QED) is 0.256. The molecule has 4 N–H and O–H groups in total. The van der Waals surface area contributed by atoms with Crippen molar-refractivity contribution in [2.75, 3.05) is 0 Å². The summed E-state index contributed by atoms with van der Waals surface area (Å²) in [4.78, 5) is 15.6. The lowest BCUT2D eigenvalue weighted by molar-refractivity contribution is 0.0971. The van der Waals surface area contributed by atoms with Gasteiger partial charge in [-0.3, -0.25) is 9.89 Å². The number of rotatable bonds is 12. The van der Waals surface area contributed by atoms with Crippen molar-refractivity contribution >= 4 is 15.9 Å². The lowest BCUT2D eigenvalue weighted by Gasteiger charge is -2.17. The van der Waals surface area contributed by atoms with Crippen LogP contribution >= 0.6 is 0 Å². The number of phenols is 2. The minimum absolute atomic E-state index is 0.0910. The minimum Gasteiger partial charge on any atom is -0.508 e. The molecule has 9 nitrogen and oxygen atoms in total.